The van der Waals surface area contributed by atoms with Gasteiger partial charge in [0.2, 0.25) is 0 Å². The molecule has 0 aromatic rings. The van der Waals surface area contributed by atoms with Crippen LogP contribution in [0.2, 0.25) is 0 Å². The maximum atomic E-state index is 10.7. The van der Waals surface area contributed by atoms with Gasteiger partial charge in [0.15, 0.2) is 0 Å². The minimum absolute atomic E-state index is 0.0214. The van der Waals surface area contributed by atoms with Crippen LogP contribution in [0.4, 0.5) is 0 Å². The highest BCUT2D eigenvalue weighted by molar-refractivity contribution is 5.68. The lowest BCUT2D eigenvalue weighted by atomic mass is 10.1. The van der Waals surface area contributed by atoms with Crippen molar-refractivity contribution in [2.75, 3.05) is 13.7 Å². The highest BCUT2D eigenvalue weighted by Gasteiger charge is 1.98. The van der Waals surface area contributed by atoms with Crippen molar-refractivity contribution in [3.63, 3.8) is 0 Å². The summed E-state index contributed by atoms with van der Waals surface area (Å²) in [6, 6.07) is 0. The van der Waals surface area contributed by atoms with Gasteiger partial charge in [-0.2, -0.15) is 0 Å². The van der Waals surface area contributed by atoms with Crippen LogP contribution in [0, 0.1) is 5.92 Å². The lowest BCUT2D eigenvalue weighted by Crippen LogP contribution is -1.99. The first-order valence-electron chi connectivity index (χ1n) is 4.71. The number of carbonyl (C=O) groups excluding carboxylic acids is 1. The third-order valence-electron chi connectivity index (χ3n) is 1.88. The molecule has 0 radical (unpaired) electrons. The number of aliphatic hydroxyl groups excluding tert-OH is 1. The van der Waals surface area contributed by atoms with Gasteiger partial charge in [-0.05, 0) is 12.8 Å². The maximum Gasteiger partial charge on any atom is 0.305 e. The van der Waals surface area contributed by atoms with E-state index in [1.165, 1.54) is 7.11 Å². The van der Waals surface area contributed by atoms with E-state index in [-0.39, 0.29) is 18.5 Å². The number of esters is 1. The molecule has 0 rings (SSSR count). The fraction of sp³-hybridized carbons (Fsp3) is 0.545. The van der Waals surface area contributed by atoms with Gasteiger partial charge in [0.05, 0.1) is 13.7 Å². The highest BCUT2D eigenvalue weighted by Crippen LogP contribution is 2.03. The van der Waals surface area contributed by atoms with Crippen molar-refractivity contribution in [1.29, 1.82) is 0 Å². The Balaban J connectivity index is 3.52. The third kappa shape index (κ3) is 6.43. The number of methoxy groups -OCH3 is 1. The van der Waals surface area contributed by atoms with Crippen LogP contribution in [0.5, 0.6) is 0 Å². The second-order valence-electron chi connectivity index (χ2n) is 2.98. The first-order chi connectivity index (χ1) is 6.74. The Morgan fingerprint density at radius 1 is 1.64 bits per heavy atom. The highest BCUT2D eigenvalue weighted by atomic mass is 16.5. The third-order valence-corrected chi connectivity index (χ3v) is 1.88. The summed E-state index contributed by atoms with van der Waals surface area (Å²) < 4.78 is 4.50. The quantitative estimate of drug-likeness (QED) is 0.384. The molecule has 0 saturated heterocycles. The van der Waals surface area contributed by atoms with Crippen molar-refractivity contribution in [3.05, 3.63) is 24.8 Å². The Morgan fingerprint density at radius 3 is 2.86 bits per heavy atom. The molecule has 3 nitrogen and oxygen atoms in total. The van der Waals surface area contributed by atoms with Gasteiger partial charge in [-0.25, -0.2) is 0 Å². The Bertz CT molecular complexity index is 197. The number of allylic oxidation sites excluding steroid dienone is 1. The van der Waals surface area contributed by atoms with E-state index in [2.05, 4.69) is 11.3 Å². The summed E-state index contributed by atoms with van der Waals surface area (Å²) in [6.45, 7) is 3.67. The Kier molecular flexibility index (Phi) is 7.84. The van der Waals surface area contributed by atoms with Gasteiger partial charge in [0, 0.05) is 12.3 Å². The van der Waals surface area contributed by atoms with Crippen molar-refractivity contribution in [3.8, 4) is 0 Å². The molecule has 0 saturated carbocycles. The predicted octanol–water partition coefficient (Wildman–Crippen LogP) is 1.68. The van der Waals surface area contributed by atoms with E-state index in [9.17, 15) is 4.79 Å². The van der Waals surface area contributed by atoms with Gasteiger partial charge in [0.1, 0.15) is 0 Å². The molecule has 0 aliphatic heterocycles. The van der Waals surface area contributed by atoms with Gasteiger partial charge in [-0.1, -0.05) is 18.2 Å². The lowest BCUT2D eigenvalue weighted by molar-refractivity contribution is -0.140. The zero-order valence-corrected chi connectivity index (χ0v) is 8.61. The Hall–Kier alpha value is -1.09. The molecule has 1 atom stereocenters. The fourth-order valence-electron chi connectivity index (χ4n) is 0.951. The van der Waals surface area contributed by atoms with Crippen LogP contribution in [0.25, 0.3) is 0 Å². The van der Waals surface area contributed by atoms with Crippen molar-refractivity contribution >= 4 is 5.97 Å². The summed E-state index contributed by atoms with van der Waals surface area (Å²) in [6.07, 6.45) is 7.57. The van der Waals surface area contributed by atoms with E-state index in [0.717, 1.165) is 12.8 Å². The average molecular weight is 198 g/mol. The SMILES string of the molecule is C=CC(/C=C/CCCC(=O)OC)CO. The van der Waals surface area contributed by atoms with Crippen LogP contribution in [-0.4, -0.2) is 24.8 Å². The van der Waals surface area contributed by atoms with Crippen molar-refractivity contribution in [2.24, 2.45) is 5.92 Å². The second kappa shape index (κ2) is 8.51. The van der Waals surface area contributed by atoms with Crippen LogP contribution in [0.15, 0.2) is 24.8 Å². The minimum atomic E-state index is -0.180. The van der Waals surface area contributed by atoms with E-state index in [1.54, 1.807) is 6.08 Å². The van der Waals surface area contributed by atoms with E-state index >= 15 is 0 Å². The molecule has 0 spiro atoms. The molecule has 0 aliphatic carbocycles. The van der Waals surface area contributed by atoms with E-state index in [0.29, 0.717) is 6.42 Å². The Labute approximate surface area is 85.1 Å². The molecule has 3 heteroatoms. The molecule has 1 N–H and O–H groups in total. The number of hydrogen-bond donors (Lipinski definition) is 1. The summed E-state index contributed by atoms with van der Waals surface area (Å²) in [7, 11) is 1.39. The molecule has 0 aromatic heterocycles. The standard InChI is InChI=1S/C11H18O3/c1-3-10(9-12)7-5-4-6-8-11(13)14-2/h3,5,7,10,12H,1,4,6,8-9H2,2H3/b7-5+. The molecule has 1 unspecified atom stereocenters. The average Bonchev–Trinajstić information content (AvgIpc) is 2.23. The van der Waals surface area contributed by atoms with Gasteiger partial charge in [-0.15, -0.1) is 6.58 Å². The normalized spacial score (nSPS) is 12.7. The molecule has 0 amide bonds. The van der Waals surface area contributed by atoms with Gasteiger partial charge < -0.3 is 9.84 Å². The number of hydrogen-bond acceptors (Lipinski definition) is 3. The van der Waals surface area contributed by atoms with E-state index in [1.807, 2.05) is 12.2 Å². The largest absolute Gasteiger partial charge is 0.469 e. The topological polar surface area (TPSA) is 46.5 Å². The van der Waals surface area contributed by atoms with Crippen molar-refractivity contribution in [2.45, 2.75) is 19.3 Å². The summed E-state index contributed by atoms with van der Waals surface area (Å²) in [5.41, 5.74) is 0. The molecule has 0 fully saturated rings. The monoisotopic (exact) mass is 198 g/mol. The summed E-state index contributed by atoms with van der Waals surface area (Å²) in [4.78, 5) is 10.7. The van der Waals surface area contributed by atoms with Crippen LogP contribution in [0.1, 0.15) is 19.3 Å². The van der Waals surface area contributed by atoms with Crippen LogP contribution < -0.4 is 0 Å². The second-order valence-corrected chi connectivity index (χ2v) is 2.98. The Morgan fingerprint density at radius 2 is 2.36 bits per heavy atom. The molecule has 14 heavy (non-hydrogen) atoms. The van der Waals surface area contributed by atoms with Crippen molar-refractivity contribution < 1.29 is 14.6 Å². The number of carbonyl (C=O) groups is 1. The predicted molar refractivity (Wildman–Crippen MR) is 55.8 cm³/mol. The minimum Gasteiger partial charge on any atom is -0.469 e. The zero-order valence-electron chi connectivity index (χ0n) is 8.61. The van der Waals surface area contributed by atoms with Crippen LogP contribution in [0.3, 0.4) is 0 Å². The number of unbranched alkanes of at least 4 members (excludes halogenated alkanes) is 1. The number of aliphatic hydroxyl groups is 1. The molecule has 0 aliphatic rings. The van der Waals surface area contributed by atoms with Crippen molar-refractivity contribution in [1.82, 2.24) is 0 Å². The molecule has 80 valence electrons. The smallest absolute Gasteiger partial charge is 0.305 e. The van der Waals surface area contributed by atoms with Crippen LogP contribution >= 0.6 is 0 Å². The molecule has 0 heterocycles. The summed E-state index contributed by atoms with van der Waals surface area (Å²) in [5.74, 6) is -0.158. The lowest BCUT2D eigenvalue weighted by Gasteiger charge is -2.00. The summed E-state index contributed by atoms with van der Waals surface area (Å²) >= 11 is 0. The van der Waals surface area contributed by atoms with Crippen LogP contribution in [-0.2, 0) is 9.53 Å². The van der Waals surface area contributed by atoms with Gasteiger partial charge in [-0.3, -0.25) is 4.79 Å². The molecule has 0 aromatic carbocycles. The van der Waals surface area contributed by atoms with E-state index < -0.39 is 0 Å². The molecule has 0 bridgehead atoms. The maximum absolute atomic E-state index is 10.7. The zero-order chi connectivity index (χ0) is 10.8. The first kappa shape index (κ1) is 12.9. The number of rotatable bonds is 7. The van der Waals surface area contributed by atoms with Gasteiger partial charge in [0.25, 0.3) is 0 Å². The van der Waals surface area contributed by atoms with E-state index in [4.69, 9.17) is 5.11 Å². The molecular weight excluding hydrogens is 180 g/mol. The fourth-order valence-corrected chi connectivity index (χ4v) is 0.951. The first-order valence-corrected chi connectivity index (χ1v) is 4.71. The molecular formula is C11H18O3. The summed E-state index contributed by atoms with van der Waals surface area (Å²) in [5, 5.41) is 8.81. The number of ether oxygens (including phenoxy) is 1. The van der Waals surface area contributed by atoms with Gasteiger partial charge >= 0.3 is 5.97 Å².